The summed E-state index contributed by atoms with van der Waals surface area (Å²) in [6, 6.07) is 11.9. The zero-order chi connectivity index (χ0) is 16.2. The quantitative estimate of drug-likeness (QED) is 0.819. The number of carbonyl (C=O) groups is 1. The van der Waals surface area contributed by atoms with Gasteiger partial charge in [0.25, 0.3) is 0 Å². The van der Waals surface area contributed by atoms with Crippen LogP contribution in [0.15, 0.2) is 41.3 Å². The van der Waals surface area contributed by atoms with E-state index in [2.05, 4.69) is 12.5 Å². The van der Waals surface area contributed by atoms with E-state index in [9.17, 15) is 4.79 Å². The van der Waals surface area contributed by atoms with Gasteiger partial charge in [0.1, 0.15) is 0 Å². The average Bonchev–Trinajstić information content (AvgIpc) is 2.55. The van der Waals surface area contributed by atoms with Crippen LogP contribution < -0.4 is 10.3 Å². The molecule has 1 aliphatic rings. The van der Waals surface area contributed by atoms with Gasteiger partial charge in [-0.2, -0.15) is 0 Å². The van der Waals surface area contributed by atoms with E-state index in [1.807, 2.05) is 41.4 Å². The number of amides is 1. The van der Waals surface area contributed by atoms with E-state index in [-0.39, 0.29) is 5.91 Å². The number of hydrogen-bond acceptors (Lipinski definition) is 3. The van der Waals surface area contributed by atoms with Crippen molar-refractivity contribution in [3.05, 3.63) is 41.4 Å². The van der Waals surface area contributed by atoms with Crippen molar-refractivity contribution in [3.8, 4) is 0 Å². The minimum absolute atomic E-state index is 0.0404. The van der Waals surface area contributed by atoms with Gasteiger partial charge in [0, 0.05) is 15.3 Å². The second-order valence-electron chi connectivity index (χ2n) is 5.86. The minimum Gasteiger partial charge on any atom is -0.335 e. The van der Waals surface area contributed by atoms with E-state index < -0.39 is 0 Å². The lowest BCUT2D eigenvalue weighted by Crippen LogP contribution is -3.12. The number of likely N-dealkylation sites (N-methyl/N-ethyl adjacent to an activating group) is 1. The fourth-order valence-corrected chi connectivity index (χ4v) is 3.97. The first-order valence-electron chi connectivity index (χ1n) is 7.79. The molecule has 0 aromatic heterocycles. The SMILES string of the molecule is C[NH+]1CCN(NC(=O)CSc2cccc3cccc(Cl)c23)CC1. The molecule has 0 aliphatic carbocycles. The van der Waals surface area contributed by atoms with Crippen LogP contribution >= 0.6 is 23.4 Å². The first kappa shape index (κ1) is 16.6. The number of halogens is 1. The van der Waals surface area contributed by atoms with Crippen LogP contribution in [0.5, 0.6) is 0 Å². The molecule has 6 heteroatoms. The Bertz CT molecular complexity index is 696. The number of quaternary nitrogens is 1. The number of nitrogens with zero attached hydrogens (tertiary/aromatic N) is 1. The molecule has 1 saturated heterocycles. The number of fused-ring (bicyclic) bond motifs is 1. The fraction of sp³-hybridized carbons (Fsp3) is 0.353. The predicted octanol–water partition coefficient (Wildman–Crippen LogP) is 1.45. The Labute approximate surface area is 145 Å². The van der Waals surface area contributed by atoms with Crippen molar-refractivity contribution in [1.82, 2.24) is 10.4 Å². The predicted molar refractivity (Wildman–Crippen MR) is 96.0 cm³/mol. The third kappa shape index (κ3) is 4.18. The monoisotopic (exact) mass is 350 g/mol. The molecule has 23 heavy (non-hydrogen) atoms. The van der Waals surface area contributed by atoms with Crippen molar-refractivity contribution in [2.75, 3.05) is 39.0 Å². The summed E-state index contributed by atoms with van der Waals surface area (Å²) in [5, 5.41) is 4.88. The number of hydrazine groups is 1. The molecule has 2 aromatic rings. The fourth-order valence-electron chi connectivity index (χ4n) is 2.73. The maximum Gasteiger partial charge on any atom is 0.244 e. The normalized spacial score (nSPS) is 16.6. The van der Waals surface area contributed by atoms with Gasteiger partial charge in [-0.25, -0.2) is 5.01 Å². The highest BCUT2D eigenvalue weighted by Gasteiger charge is 2.18. The molecule has 0 unspecified atom stereocenters. The standard InChI is InChI=1S/C17H20ClN3OS/c1-20-8-10-21(11-9-20)19-16(22)12-23-15-7-3-5-13-4-2-6-14(18)17(13)15/h2-7H,8-12H2,1H3,(H,19,22)/p+1. The maximum absolute atomic E-state index is 12.2. The zero-order valence-electron chi connectivity index (χ0n) is 13.1. The molecular weight excluding hydrogens is 330 g/mol. The summed E-state index contributed by atoms with van der Waals surface area (Å²) in [5.41, 5.74) is 3.00. The second-order valence-corrected chi connectivity index (χ2v) is 7.29. The third-order valence-electron chi connectivity index (χ3n) is 4.07. The van der Waals surface area contributed by atoms with Crippen LogP contribution in [0, 0.1) is 0 Å². The summed E-state index contributed by atoms with van der Waals surface area (Å²) in [4.78, 5) is 14.7. The second kappa shape index (κ2) is 7.53. The number of carbonyl (C=O) groups excluding carboxylic acids is 1. The molecule has 4 nitrogen and oxygen atoms in total. The van der Waals surface area contributed by atoms with E-state index in [0.717, 1.165) is 46.9 Å². The highest BCUT2D eigenvalue weighted by molar-refractivity contribution is 8.00. The van der Waals surface area contributed by atoms with Gasteiger partial charge in [0.05, 0.1) is 39.0 Å². The number of piperazine rings is 1. The van der Waals surface area contributed by atoms with Gasteiger partial charge in [-0.3, -0.25) is 10.2 Å². The molecule has 3 rings (SSSR count). The lowest BCUT2D eigenvalue weighted by atomic mass is 10.1. The lowest BCUT2D eigenvalue weighted by molar-refractivity contribution is -0.884. The van der Waals surface area contributed by atoms with Crippen LogP contribution in [0.4, 0.5) is 0 Å². The Morgan fingerprint density at radius 1 is 1.26 bits per heavy atom. The van der Waals surface area contributed by atoms with Crippen molar-refractivity contribution < 1.29 is 9.69 Å². The number of benzene rings is 2. The highest BCUT2D eigenvalue weighted by Crippen LogP contribution is 2.32. The van der Waals surface area contributed by atoms with Crippen molar-refractivity contribution in [1.29, 1.82) is 0 Å². The van der Waals surface area contributed by atoms with Crippen LogP contribution in [-0.4, -0.2) is 49.9 Å². The van der Waals surface area contributed by atoms with Gasteiger partial charge >= 0.3 is 0 Å². The van der Waals surface area contributed by atoms with Crippen molar-refractivity contribution in [2.45, 2.75) is 4.90 Å². The van der Waals surface area contributed by atoms with Crippen molar-refractivity contribution in [2.24, 2.45) is 0 Å². The Morgan fingerprint density at radius 2 is 1.96 bits per heavy atom. The molecule has 0 radical (unpaired) electrons. The van der Waals surface area contributed by atoms with Crippen LogP contribution in [0.25, 0.3) is 10.8 Å². The number of thioether (sulfide) groups is 1. The van der Waals surface area contributed by atoms with Gasteiger partial charge in [0.2, 0.25) is 5.91 Å². The van der Waals surface area contributed by atoms with Gasteiger partial charge in [-0.1, -0.05) is 35.9 Å². The van der Waals surface area contributed by atoms with Gasteiger partial charge in [-0.15, -0.1) is 11.8 Å². The number of hydrogen-bond donors (Lipinski definition) is 2. The van der Waals surface area contributed by atoms with E-state index in [0.29, 0.717) is 5.75 Å². The van der Waals surface area contributed by atoms with Crippen LogP contribution in [-0.2, 0) is 4.79 Å². The van der Waals surface area contributed by atoms with E-state index in [1.54, 1.807) is 0 Å². The molecule has 0 spiro atoms. The molecule has 1 aliphatic heterocycles. The van der Waals surface area contributed by atoms with Crippen LogP contribution in [0.3, 0.4) is 0 Å². The molecule has 0 saturated carbocycles. The smallest absolute Gasteiger partial charge is 0.244 e. The average molecular weight is 351 g/mol. The molecule has 0 atom stereocenters. The molecule has 2 aromatic carbocycles. The topological polar surface area (TPSA) is 36.8 Å². The first-order chi connectivity index (χ1) is 11.1. The summed E-state index contributed by atoms with van der Waals surface area (Å²) < 4.78 is 0. The van der Waals surface area contributed by atoms with Crippen LogP contribution in [0.1, 0.15) is 0 Å². The summed E-state index contributed by atoms with van der Waals surface area (Å²) in [6.45, 7) is 3.93. The number of rotatable bonds is 4. The Morgan fingerprint density at radius 3 is 2.70 bits per heavy atom. The lowest BCUT2D eigenvalue weighted by Gasteiger charge is -2.30. The van der Waals surface area contributed by atoms with E-state index >= 15 is 0 Å². The zero-order valence-corrected chi connectivity index (χ0v) is 14.7. The largest absolute Gasteiger partial charge is 0.335 e. The van der Waals surface area contributed by atoms with E-state index in [1.165, 1.54) is 16.7 Å². The van der Waals surface area contributed by atoms with Gasteiger partial charge in [-0.05, 0) is 17.5 Å². The van der Waals surface area contributed by atoms with Gasteiger partial charge < -0.3 is 4.90 Å². The summed E-state index contributed by atoms with van der Waals surface area (Å²) in [7, 11) is 2.18. The first-order valence-corrected chi connectivity index (χ1v) is 9.15. The van der Waals surface area contributed by atoms with Gasteiger partial charge in [0.15, 0.2) is 0 Å². The summed E-state index contributed by atoms with van der Waals surface area (Å²) in [6.07, 6.45) is 0. The Kier molecular flexibility index (Phi) is 5.43. The van der Waals surface area contributed by atoms with Crippen LogP contribution in [0.2, 0.25) is 5.02 Å². The molecule has 0 bridgehead atoms. The molecular formula is C17H21ClN3OS+. The van der Waals surface area contributed by atoms with Crippen molar-refractivity contribution in [3.63, 3.8) is 0 Å². The highest BCUT2D eigenvalue weighted by atomic mass is 35.5. The third-order valence-corrected chi connectivity index (χ3v) is 5.45. The Balaban J connectivity index is 1.61. The minimum atomic E-state index is 0.0404. The summed E-state index contributed by atoms with van der Waals surface area (Å²) >= 11 is 7.86. The molecule has 1 heterocycles. The molecule has 122 valence electrons. The molecule has 1 fully saturated rings. The summed E-state index contributed by atoms with van der Waals surface area (Å²) in [5.74, 6) is 0.433. The number of nitrogens with one attached hydrogen (secondary N) is 2. The molecule has 2 N–H and O–H groups in total. The maximum atomic E-state index is 12.2. The molecule has 1 amide bonds. The van der Waals surface area contributed by atoms with E-state index in [4.69, 9.17) is 11.6 Å². The Hall–Kier alpha value is -1.27. The van der Waals surface area contributed by atoms with Crippen molar-refractivity contribution >= 4 is 40.0 Å².